The third-order valence-electron chi connectivity index (χ3n) is 5.07. The number of Topliss-reactive ketones (excluding diaryl/α,β-unsaturated/α-hetero) is 1. The minimum atomic E-state index is -0.584. The van der Waals surface area contributed by atoms with E-state index >= 15 is 0 Å². The molecule has 154 valence electrons. The quantitative estimate of drug-likeness (QED) is 0.664. The predicted octanol–water partition coefficient (Wildman–Crippen LogP) is 3.49. The lowest BCUT2D eigenvalue weighted by Crippen LogP contribution is -2.34. The van der Waals surface area contributed by atoms with Gasteiger partial charge in [-0.05, 0) is 37.5 Å². The number of carbonyl (C=O) groups is 2. The molecule has 28 heavy (non-hydrogen) atoms. The molecule has 1 aromatic rings. The predicted molar refractivity (Wildman–Crippen MR) is 110 cm³/mol. The second-order valence-corrected chi connectivity index (χ2v) is 7.44. The van der Waals surface area contributed by atoms with Gasteiger partial charge in [0.1, 0.15) is 0 Å². The van der Waals surface area contributed by atoms with Gasteiger partial charge in [-0.1, -0.05) is 26.0 Å². The third kappa shape index (κ3) is 4.55. The van der Waals surface area contributed by atoms with Crippen LogP contribution in [0.2, 0.25) is 0 Å². The molecule has 6 nitrogen and oxygen atoms in total. The number of aliphatic hydroxyl groups excluding tert-OH is 1. The monoisotopic (exact) mass is 388 g/mol. The van der Waals surface area contributed by atoms with Gasteiger partial charge < -0.3 is 19.6 Å². The summed E-state index contributed by atoms with van der Waals surface area (Å²) in [5.74, 6) is -0.984. The summed E-state index contributed by atoms with van der Waals surface area (Å²) in [4.78, 5) is 29.3. The Hall–Kier alpha value is -2.34. The van der Waals surface area contributed by atoms with Crippen molar-refractivity contribution in [3.63, 3.8) is 0 Å². The Morgan fingerprint density at radius 3 is 2.32 bits per heavy atom. The number of anilines is 1. The molecule has 1 unspecified atom stereocenters. The molecule has 1 amide bonds. The Morgan fingerprint density at radius 1 is 1.21 bits per heavy atom. The van der Waals surface area contributed by atoms with E-state index in [9.17, 15) is 14.7 Å². The van der Waals surface area contributed by atoms with Gasteiger partial charge in [-0.2, -0.15) is 0 Å². The average Bonchev–Trinajstić information content (AvgIpc) is 2.92. The number of ether oxygens (including phenoxy) is 1. The molecule has 0 bridgehead atoms. The van der Waals surface area contributed by atoms with Gasteiger partial charge in [-0.25, -0.2) is 0 Å². The van der Waals surface area contributed by atoms with Crippen molar-refractivity contribution in [1.29, 1.82) is 0 Å². The molecule has 0 aromatic heterocycles. The second kappa shape index (κ2) is 9.73. The number of hydrogen-bond donors (Lipinski definition) is 1. The first-order chi connectivity index (χ1) is 13.3. The molecule has 0 saturated carbocycles. The first-order valence-electron chi connectivity index (χ1n) is 9.96. The van der Waals surface area contributed by atoms with Gasteiger partial charge in [0.15, 0.2) is 11.5 Å². The molecule has 0 radical (unpaired) electrons. The molecule has 0 spiro atoms. The highest BCUT2D eigenvalue weighted by Crippen LogP contribution is 2.39. The summed E-state index contributed by atoms with van der Waals surface area (Å²) in [6.07, 6.45) is 0.290. The number of carbonyl (C=O) groups excluding carboxylic acids is 2. The molecule has 2 rings (SSSR count). The number of hydrogen-bond acceptors (Lipinski definition) is 5. The van der Waals surface area contributed by atoms with Gasteiger partial charge in [-0.3, -0.25) is 9.59 Å². The maximum absolute atomic E-state index is 12.8. The van der Waals surface area contributed by atoms with Gasteiger partial charge in [0.2, 0.25) is 0 Å². The summed E-state index contributed by atoms with van der Waals surface area (Å²) in [5.41, 5.74) is 2.10. The lowest BCUT2D eigenvalue weighted by molar-refractivity contribution is -0.130. The Balaban J connectivity index is 2.44. The summed E-state index contributed by atoms with van der Waals surface area (Å²) in [6, 6.07) is 7.29. The summed E-state index contributed by atoms with van der Waals surface area (Å²) in [7, 11) is 1.56. The van der Waals surface area contributed by atoms with Crippen LogP contribution in [0.15, 0.2) is 35.6 Å². The van der Waals surface area contributed by atoms with Gasteiger partial charge in [0, 0.05) is 38.9 Å². The fraction of sp³-hybridized carbons (Fsp3) is 0.545. The van der Waals surface area contributed by atoms with Crippen LogP contribution in [0.5, 0.6) is 0 Å². The normalized spacial score (nSPS) is 17.0. The van der Waals surface area contributed by atoms with Crippen LogP contribution in [0.25, 0.3) is 0 Å². The largest absolute Gasteiger partial charge is 0.503 e. The van der Waals surface area contributed by atoms with Crippen LogP contribution in [0.3, 0.4) is 0 Å². The smallest absolute Gasteiger partial charge is 0.290 e. The van der Waals surface area contributed by atoms with E-state index in [0.29, 0.717) is 19.6 Å². The number of nitrogens with zero attached hydrogens (tertiary/aromatic N) is 2. The zero-order chi connectivity index (χ0) is 20.8. The Labute approximate surface area is 167 Å². The summed E-state index contributed by atoms with van der Waals surface area (Å²) in [6.45, 7) is 10.5. The van der Waals surface area contributed by atoms with E-state index in [-0.39, 0.29) is 17.3 Å². The molecule has 0 aliphatic carbocycles. The zero-order valence-electron chi connectivity index (χ0n) is 17.6. The van der Waals surface area contributed by atoms with Crippen molar-refractivity contribution in [1.82, 2.24) is 4.90 Å². The maximum atomic E-state index is 12.8. The molecular formula is C22H32N2O4. The van der Waals surface area contributed by atoms with Gasteiger partial charge >= 0.3 is 0 Å². The van der Waals surface area contributed by atoms with Crippen molar-refractivity contribution < 1.29 is 19.4 Å². The Kier molecular flexibility index (Phi) is 7.63. The van der Waals surface area contributed by atoms with E-state index in [0.717, 1.165) is 24.3 Å². The molecule has 1 aliphatic rings. The maximum Gasteiger partial charge on any atom is 0.290 e. The van der Waals surface area contributed by atoms with Gasteiger partial charge in [-0.15, -0.1) is 0 Å². The van der Waals surface area contributed by atoms with E-state index in [2.05, 4.69) is 18.7 Å². The molecule has 1 N–H and O–H groups in total. The second-order valence-electron chi connectivity index (χ2n) is 7.44. The van der Waals surface area contributed by atoms with Crippen molar-refractivity contribution in [2.45, 2.75) is 40.2 Å². The van der Waals surface area contributed by atoms with Crippen LogP contribution in [0.4, 0.5) is 5.69 Å². The van der Waals surface area contributed by atoms with E-state index in [1.54, 1.807) is 7.11 Å². The van der Waals surface area contributed by atoms with Gasteiger partial charge in [0.25, 0.3) is 5.91 Å². The Morgan fingerprint density at radius 2 is 1.82 bits per heavy atom. The van der Waals surface area contributed by atoms with Crippen LogP contribution in [0.1, 0.15) is 45.7 Å². The number of benzene rings is 1. The number of ketones is 1. The standard InChI is InChI=1S/C22H32N2O4/c1-6-23(7-2)17-10-8-16(9-11-17)20-19(18(25)14-15(3)4)21(26)22(27)24(20)12-13-28-5/h8-11,15,20,26H,6-7,12-14H2,1-5H3. The van der Waals surface area contributed by atoms with Crippen molar-refractivity contribution in [3.8, 4) is 0 Å². The topological polar surface area (TPSA) is 70.1 Å². The van der Waals surface area contributed by atoms with E-state index in [1.165, 1.54) is 4.90 Å². The number of methoxy groups -OCH3 is 1. The number of rotatable bonds is 10. The molecule has 1 aliphatic heterocycles. The van der Waals surface area contributed by atoms with E-state index in [1.807, 2.05) is 38.1 Å². The van der Waals surface area contributed by atoms with Gasteiger partial charge in [0.05, 0.1) is 18.2 Å². The van der Waals surface area contributed by atoms with Crippen LogP contribution >= 0.6 is 0 Å². The minimum Gasteiger partial charge on any atom is -0.503 e. The van der Waals surface area contributed by atoms with Crippen molar-refractivity contribution in [3.05, 3.63) is 41.2 Å². The lowest BCUT2D eigenvalue weighted by atomic mass is 9.92. The SMILES string of the molecule is CCN(CC)c1ccc(C2C(C(=O)CC(C)C)=C(O)C(=O)N2CCOC)cc1. The molecule has 0 saturated heterocycles. The van der Waals surface area contributed by atoms with Crippen molar-refractivity contribution in [2.24, 2.45) is 5.92 Å². The minimum absolute atomic E-state index is 0.140. The highest BCUT2D eigenvalue weighted by molar-refractivity contribution is 6.09. The summed E-state index contributed by atoms with van der Waals surface area (Å²) < 4.78 is 5.13. The third-order valence-corrected chi connectivity index (χ3v) is 5.07. The summed E-state index contributed by atoms with van der Waals surface area (Å²) >= 11 is 0. The van der Waals surface area contributed by atoms with Crippen LogP contribution < -0.4 is 4.90 Å². The molecule has 6 heteroatoms. The fourth-order valence-electron chi connectivity index (χ4n) is 3.64. The molecular weight excluding hydrogens is 356 g/mol. The molecule has 1 heterocycles. The molecule has 1 atom stereocenters. The molecule has 0 fully saturated rings. The van der Waals surface area contributed by atoms with E-state index < -0.39 is 17.7 Å². The first kappa shape index (κ1) is 22.0. The highest BCUT2D eigenvalue weighted by atomic mass is 16.5. The van der Waals surface area contributed by atoms with Crippen LogP contribution in [-0.2, 0) is 14.3 Å². The average molecular weight is 389 g/mol. The van der Waals surface area contributed by atoms with Crippen molar-refractivity contribution >= 4 is 17.4 Å². The zero-order valence-corrected chi connectivity index (χ0v) is 17.6. The van der Waals surface area contributed by atoms with Crippen LogP contribution in [-0.4, -0.2) is 55.0 Å². The number of amides is 1. The lowest BCUT2D eigenvalue weighted by Gasteiger charge is -2.28. The van der Waals surface area contributed by atoms with E-state index in [4.69, 9.17) is 4.74 Å². The molecule has 1 aromatic carbocycles. The Bertz CT molecular complexity index is 721. The van der Waals surface area contributed by atoms with Crippen molar-refractivity contribution in [2.75, 3.05) is 38.3 Å². The highest BCUT2D eigenvalue weighted by Gasteiger charge is 2.43. The summed E-state index contributed by atoms with van der Waals surface area (Å²) in [5, 5.41) is 10.5. The van der Waals surface area contributed by atoms with Crippen LogP contribution in [0, 0.1) is 5.92 Å². The number of aliphatic hydroxyl groups is 1. The first-order valence-corrected chi connectivity index (χ1v) is 9.96. The fourth-order valence-corrected chi connectivity index (χ4v) is 3.64.